The minimum Gasteiger partial charge on any atom is -0.362 e. The highest BCUT2D eigenvalue weighted by atomic mass is 32.1. The molecule has 0 aliphatic carbocycles. The SMILES string of the molecule is CCCCCCNC(=S)Nc1nc(C(=O)NNC(=S)NCC)cs1. The fourth-order valence-electron chi connectivity index (χ4n) is 1.71. The van der Waals surface area contributed by atoms with Crippen LogP contribution in [0.3, 0.4) is 0 Å². The highest BCUT2D eigenvalue weighted by molar-refractivity contribution is 7.80. The molecular weight excluding hydrogens is 364 g/mol. The van der Waals surface area contributed by atoms with Gasteiger partial charge in [0.25, 0.3) is 5.91 Å². The summed E-state index contributed by atoms with van der Waals surface area (Å²) in [6.07, 6.45) is 4.72. The fraction of sp³-hybridized carbons (Fsp3) is 0.571. The van der Waals surface area contributed by atoms with Crippen LogP contribution in [0.15, 0.2) is 5.38 Å². The minimum atomic E-state index is -0.363. The van der Waals surface area contributed by atoms with Crippen molar-refractivity contribution in [3.05, 3.63) is 11.1 Å². The summed E-state index contributed by atoms with van der Waals surface area (Å²) in [4.78, 5) is 16.1. The molecule has 1 heterocycles. The number of carbonyl (C=O) groups excluding carboxylic acids is 1. The lowest BCUT2D eigenvalue weighted by Crippen LogP contribution is -2.46. The Balaban J connectivity index is 2.32. The summed E-state index contributed by atoms with van der Waals surface area (Å²) in [5, 5.41) is 12.1. The van der Waals surface area contributed by atoms with Gasteiger partial charge in [0.1, 0.15) is 5.69 Å². The number of nitrogens with one attached hydrogen (secondary N) is 5. The van der Waals surface area contributed by atoms with Crippen LogP contribution in [0.4, 0.5) is 5.13 Å². The topological polar surface area (TPSA) is 90.1 Å². The van der Waals surface area contributed by atoms with Crippen LogP contribution >= 0.6 is 35.8 Å². The van der Waals surface area contributed by atoms with E-state index in [0.29, 0.717) is 27.6 Å². The van der Waals surface area contributed by atoms with Crippen molar-refractivity contribution in [2.45, 2.75) is 39.5 Å². The Hall–Kier alpha value is -1.52. The van der Waals surface area contributed by atoms with Crippen LogP contribution in [0.5, 0.6) is 0 Å². The molecule has 0 atom stereocenters. The van der Waals surface area contributed by atoms with Gasteiger partial charge in [-0.2, -0.15) is 0 Å². The molecule has 1 aromatic rings. The van der Waals surface area contributed by atoms with Gasteiger partial charge in [0.05, 0.1) is 0 Å². The largest absolute Gasteiger partial charge is 0.362 e. The third-order valence-corrected chi connectivity index (χ3v) is 4.15. The van der Waals surface area contributed by atoms with E-state index in [4.69, 9.17) is 24.4 Å². The predicted molar refractivity (Wildman–Crippen MR) is 107 cm³/mol. The summed E-state index contributed by atoms with van der Waals surface area (Å²) >= 11 is 11.5. The van der Waals surface area contributed by atoms with E-state index in [1.54, 1.807) is 5.38 Å². The van der Waals surface area contributed by atoms with Crippen molar-refractivity contribution < 1.29 is 4.79 Å². The van der Waals surface area contributed by atoms with Crippen molar-refractivity contribution in [3.63, 3.8) is 0 Å². The average molecular weight is 389 g/mol. The molecule has 1 aromatic heterocycles. The summed E-state index contributed by atoms with van der Waals surface area (Å²) in [6.45, 7) is 5.60. The molecule has 0 unspecified atom stereocenters. The van der Waals surface area contributed by atoms with Crippen molar-refractivity contribution in [2.24, 2.45) is 0 Å². The van der Waals surface area contributed by atoms with E-state index < -0.39 is 0 Å². The van der Waals surface area contributed by atoms with Gasteiger partial charge in [0, 0.05) is 18.5 Å². The number of hydrogen-bond donors (Lipinski definition) is 5. The van der Waals surface area contributed by atoms with Crippen LogP contribution in [0.25, 0.3) is 0 Å². The highest BCUT2D eigenvalue weighted by Gasteiger charge is 2.11. The molecule has 0 radical (unpaired) electrons. The van der Waals surface area contributed by atoms with Crippen LogP contribution in [-0.2, 0) is 0 Å². The first-order valence-electron chi connectivity index (χ1n) is 7.91. The molecular formula is C14H24N6OS3. The number of thiocarbonyl (C=S) groups is 2. The van der Waals surface area contributed by atoms with E-state index >= 15 is 0 Å². The number of thiazole rings is 1. The lowest BCUT2D eigenvalue weighted by atomic mass is 10.2. The molecule has 0 saturated carbocycles. The zero-order chi connectivity index (χ0) is 17.8. The van der Waals surface area contributed by atoms with Gasteiger partial charge >= 0.3 is 0 Å². The molecule has 134 valence electrons. The van der Waals surface area contributed by atoms with Crippen LogP contribution in [-0.4, -0.2) is 34.2 Å². The standard InChI is InChI=1S/C14H24N6OS3/c1-3-5-6-7-8-16-12(22)18-14-17-10(9-24-14)11(21)19-20-13(23)15-4-2/h9H,3-8H2,1-2H3,(H,19,21)(H2,15,20,23)(H2,16,17,18,22). The van der Waals surface area contributed by atoms with Gasteiger partial charge < -0.3 is 16.0 Å². The van der Waals surface area contributed by atoms with E-state index in [1.165, 1.54) is 30.6 Å². The number of rotatable bonds is 8. The third kappa shape index (κ3) is 8.37. The van der Waals surface area contributed by atoms with Crippen molar-refractivity contribution in [1.82, 2.24) is 26.5 Å². The second-order valence-electron chi connectivity index (χ2n) is 4.92. The normalized spacial score (nSPS) is 9.92. The number of nitrogens with zero attached hydrogens (tertiary/aromatic N) is 1. The van der Waals surface area contributed by atoms with Gasteiger partial charge in [0.15, 0.2) is 15.4 Å². The molecule has 7 nitrogen and oxygen atoms in total. The Morgan fingerprint density at radius 1 is 1.12 bits per heavy atom. The van der Waals surface area contributed by atoms with Crippen molar-refractivity contribution >= 4 is 57.0 Å². The Labute approximate surface area is 157 Å². The van der Waals surface area contributed by atoms with Crippen molar-refractivity contribution in [1.29, 1.82) is 0 Å². The highest BCUT2D eigenvalue weighted by Crippen LogP contribution is 2.15. The van der Waals surface area contributed by atoms with Gasteiger partial charge in [-0.3, -0.25) is 15.6 Å². The van der Waals surface area contributed by atoms with E-state index in [1.807, 2.05) is 6.92 Å². The Morgan fingerprint density at radius 2 is 1.92 bits per heavy atom. The number of aromatic nitrogens is 1. The maximum absolute atomic E-state index is 11.9. The number of carbonyl (C=O) groups is 1. The predicted octanol–water partition coefficient (Wildman–Crippen LogP) is 2.14. The summed E-state index contributed by atoms with van der Waals surface area (Å²) in [5.74, 6) is -0.363. The van der Waals surface area contributed by atoms with Gasteiger partial charge in [-0.05, 0) is 37.8 Å². The average Bonchev–Trinajstić information content (AvgIpc) is 3.01. The number of hydrogen-bond acceptors (Lipinski definition) is 5. The molecule has 24 heavy (non-hydrogen) atoms. The zero-order valence-corrected chi connectivity index (χ0v) is 16.3. The van der Waals surface area contributed by atoms with E-state index in [0.717, 1.165) is 13.0 Å². The quantitative estimate of drug-likeness (QED) is 0.263. The van der Waals surface area contributed by atoms with E-state index in [9.17, 15) is 4.79 Å². The summed E-state index contributed by atoms with van der Waals surface area (Å²) in [5.41, 5.74) is 5.37. The molecule has 0 spiro atoms. The monoisotopic (exact) mass is 388 g/mol. The second kappa shape index (κ2) is 11.9. The molecule has 0 aliphatic heterocycles. The Bertz CT molecular complexity index is 548. The molecule has 0 aromatic carbocycles. The number of amides is 1. The zero-order valence-electron chi connectivity index (χ0n) is 13.9. The first-order valence-corrected chi connectivity index (χ1v) is 9.61. The smallest absolute Gasteiger partial charge is 0.289 e. The maximum Gasteiger partial charge on any atom is 0.289 e. The third-order valence-electron chi connectivity index (χ3n) is 2.90. The minimum absolute atomic E-state index is 0.292. The first kappa shape index (κ1) is 20.5. The maximum atomic E-state index is 11.9. The molecule has 10 heteroatoms. The second-order valence-corrected chi connectivity index (χ2v) is 6.59. The van der Waals surface area contributed by atoms with Gasteiger partial charge in [0.2, 0.25) is 0 Å². The lowest BCUT2D eigenvalue weighted by molar-refractivity contribution is 0.0939. The Kier molecular flexibility index (Phi) is 10.2. The molecule has 0 saturated heterocycles. The van der Waals surface area contributed by atoms with Crippen LogP contribution in [0.2, 0.25) is 0 Å². The van der Waals surface area contributed by atoms with Gasteiger partial charge in [-0.15, -0.1) is 11.3 Å². The van der Waals surface area contributed by atoms with Crippen LogP contribution in [0.1, 0.15) is 50.0 Å². The molecule has 5 N–H and O–H groups in total. The molecule has 0 aliphatic rings. The fourth-order valence-corrected chi connectivity index (χ4v) is 2.87. The number of anilines is 1. The van der Waals surface area contributed by atoms with Crippen molar-refractivity contribution in [3.8, 4) is 0 Å². The van der Waals surface area contributed by atoms with Crippen LogP contribution < -0.4 is 26.8 Å². The lowest BCUT2D eigenvalue weighted by Gasteiger charge is -2.09. The molecule has 1 rings (SSSR count). The number of unbranched alkanes of at least 4 members (excludes halogenated alkanes) is 3. The van der Waals surface area contributed by atoms with Gasteiger partial charge in [-0.1, -0.05) is 26.2 Å². The summed E-state index contributed by atoms with van der Waals surface area (Å²) < 4.78 is 0. The summed E-state index contributed by atoms with van der Waals surface area (Å²) in [6, 6.07) is 0. The summed E-state index contributed by atoms with van der Waals surface area (Å²) in [7, 11) is 0. The molecule has 0 bridgehead atoms. The Morgan fingerprint density at radius 3 is 2.62 bits per heavy atom. The molecule has 0 fully saturated rings. The van der Waals surface area contributed by atoms with Gasteiger partial charge in [-0.25, -0.2) is 4.98 Å². The molecule has 1 amide bonds. The van der Waals surface area contributed by atoms with Crippen LogP contribution in [0, 0.1) is 0 Å². The number of hydrazine groups is 1. The van der Waals surface area contributed by atoms with E-state index in [2.05, 4.69) is 38.7 Å². The van der Waals surface area contributed by atoms with Crippen molar-refractivity contribution in [2.75, 3.05) is 18.4 Å². The van der Waals surface area contributed by atoms with E-state index in [-0.39, 0.29) is 5.91 Å². The first-order chi connectivity index (χ1) is 11.6.